The lowest BCUT2D eigenvalue weighted by atomic mass is 9.87. The summed E-state index contributed by atoms with van der Waals surface area (Å²) in [6.45, 7) is 8.17. The Kier molecular flexibility index (Phi) is 5.88. The molecule has 0 spiro atoms. The molecule has 1 aromatic heterocycles. The molecule has 7 heteroatoms. The van der Waals surface area contributed by atoms with E-state index in [1.165, 1.54) is 11.9 Å². The van der Waals surface area contributed by atoms with Crippen LogP contribution in [0.1, 0.15) is 33.3 Å². The largest absolute Gasteiger partial charge is 0.340 e. The van der Waals surface area contributed by atoms with Gasteiger partial charge in [-0.25, -0.2) is 18.4 Å². The van der Waals surface area contributed by atoms with E-state index in [0.29, 0.717) is 17.3 Å². The second-order valence-corrected chi connectivity index (χ2v) is 10.1. The molecule has 6 nitrogen and oxygen atoms in total. The van der Waals surface area contributed by atoms with Gasteiger partial charge >= 0.3 is 0 Å². The van der Waals surface area contributed by atoms with Crippen molar-refractivity contribution in [2.75, 3.05) is 16.4 Å². The lowest BCUT2D eigenvalue weighted by molar-refractivity contribution is 0.590. The number of anilines is 4. The minimum absolute atomic E-state index is 0.0615. The van der Waals surface area contributed by atoms with Crippen molar-refractivity contribution in [3.05, 3.63) is 66.5 Å². The van der Waals surface area contributed by atoms with E-state index in [1.807, 2.05) is 12.1 Å². The third kappa shape index (κ3) is 5.32. The first-order valence-electron chi connectivity index (χ1n) is 9.47. The fraction of sp³-hybridized carbons (Fsp3) is 0.273. The van der Waals surface area contributed by atoms with Crippen molar-refractivity contribution in [2.45, 2.75) is 38.0 Å². The molecule has 0 bridgehead atoms. The lowest BCUT2D eigenvalue weighted by Crippen LogP contribution is -2.10. The highest BCUT2D eigenvalue weighted by Crippen LogP contribution is 2.25. The van der Waals surface area contributed by atoms with E-state index >= 15 is 0 Å². The van der Waals surface area contributed by atoms with Crippen molar-refractivity contribution in [3.8, 4) is 0 Å². The van der Waals surface area contributed by atoms with Crippen LogP contribution in [0.5, 0.6) is 0 Å². The Morgan fingerprint density at radius 1 is 0.862 bits per heavy atom. The van der Waals surface area contributed by atoms with Gasteiger partial charge in [-0.3, -0.25) is 0 Å². The molecule has 0 saturated heterocycles. The molecule has 0 atom stereocenters. The minimum atomic E-state index is -3.26. The maximum Gasteiger partial charge on any atom is 0.178 e. The molecule has 3 rings (SSSR count). The van der Waals surface area contributed by atoms with Crippen LogP contribution < -0.4 is 10.6 Å². The maximum absolute atomic E-state index is 12.1. The van der Waals surface area contributed by atoms with Crippen LogP contribution in [-0.4, -0.2) is 24.1 Å². The molecule has 2 N–H and O–H groups in total. The van der Waals surface area contributed by atoms with Crippen LogP contribution in [0.4, 0.5) is 23.0 Å². The molecular formula is C22H26N4O2S. The van der Waals surface area contributed by atoms with E-state index in [4.69, 9.17) is 0 Å². The number of benzene rings is 2. The van der Waals surface area contributed by atoms with Crippen molar-refractivity contribution in [2.24, 2.45) is 0 Å². The van der Waals surface area contributed by atoms with Crippen LogP contribution in [0.3, 0.4) is 0 Å². The Labute approximate surface area is 172 Å². The normalized spacial score (nSPS) is 11.9. The minimum Gasteiger partial charge on any atom is -0.340 e. The fourth-order valence-corrected chi connectivity index (χ4v) is 3.70. The lowest BCUT2D eigenvalue weighted by Gasteiger charge is -2.19. The Bertz CT molecular complexity index is 1090. The summed E-state index contributed by atoms with van der Waals surface area (Å²) in [7, 11) is -3.26. The van der Waals surface area contributed by atoms with Gasteiger partial charge in [-0.05, 0) is 41.3 Å². The molecule has 0 saturated carbocycles. The maximum atomic E-state index is 12.1. The summed E-state index contributed by atoms with van der Waals surface area (Å²) >= 11 is 0. The van der Waals surface area contributed by atoms with Crippen LogP contribution in [0.2, 0.25) is 0 Å². The summed E-state index contributed by atoms with van der Waals surface area (Å²) in [5, 5.41) is 6.41. The van der Waals surface area contributed by atoms with Crippen molar-refractivity contribution >= 4 is 32.8 Å². The summed E-state index contributed by atoms with van der Waals surface area (Å²) in [6, 6.07) is 16.7. The van der Waals surface area contributed by atoms with Crippen molar-refractivity contribution in [1.82, 2.24) is 9.97 Å². The molecule has 0 unspecified atom stereocenters. The van der Waals surface area contributed by atoms with Gasteiger partial charge in [0.2, 0.25) is 0 Å². The van der Waals surface area contributed by atoms with Crippen LogP contribution in [-0.2, 0) is 15.3 Å². The van der Waals surface area contributed by atoms with E-state index < -0.39 is 9.84 Å². The predicted octanol–water partition coefficient (Wildman–Crippen LogP) is 5.05. The Balaban J connectivity index is 1.76. The van der Waals surface area contributed by atoms with Crippen LogP contribution >= 0.6 is 0 Å². The topological polar surface area (TPSA) is 84.0 Å². The van der Waals surface area contributed by atoms with Crippen molar-refractivity contribution in [1.29, 1.82) is 0 Å². The summed E-state index contributed by atoms with van der Waals surface area (Å²) < 4.78 is 24.2. The summed E-state index contributed by atoms with van der Waals surface area (Å²) in [6.07, 6.45) is 1.46. The standard InChI is InChI=1S/C22H26N4O2S/c1-5-29(27,28)19-8-6-7-18(13-19)26-21-14-20(23-15-24-21)25-17-11-9-16(10-12-17)22(2,3)4/h6-15H,5H2,1-4H3,(H2,23,24,25,26). The Hall–Kier alpha value is -2.93. The summed E-state index contributed by atoms with van der Waals surface area (Å²) in [4.78, 5) is 8.77. The van der Waals surface area contributed by atoms with Crippen LogP contribution in [0, 0.1) is 0 Å². The zero-order valence-electron chi connectivity index (χ0n) is 17.1. The predicted molar refractivity (Wildman–Crippen MR) is 118 cm³/mol. The van der Waals surface area contributed by atoms with Crippen LogP contribution in [0.25, 0.3) is 0 Å². The quantitative estimate of drug-likeness (QED) is 0.591. The average molecular weight is 411 g/mol. The third-order valence-corrected chi connectivity index (χ3v) is 6.27. The number of hydrogen-bond acceptors (Lipinski definition) is 6. The highest BCUT2D eigenvalue weighted by molar-refractivity contribution is 7.91. The van der Waals surface area contributed by atoms with E-state index in [-0.39, 0.29) is 16.1 Å². The van der Waals surface area contributed by atoms with E-state index in [0.717, 1.165) is 5.69 Å². The van der Waals surface area contributed by atoms with E-state index in [1.54, 1.807) is 37.3 Å². The molecule has 0 aliphatic carbocycles. The molecule has 0 radical (unpaired) electrons. The van der Waals surface area contributed by atoms with Gasteiger partial charge in [-0.15, -0.1) is 0 Å². The van der Waals surface area contributed by atoms with Gasteiger partial charge in [0.15, 0.2) is 9.84 Å². The van der Waals surface area contributed by atoms with Gasteiger partial charge in [0.05, 0.1) is 10.6 Å². The van der Waals surface area contributed by atoms with E-state index in [2.05, 4.69) is 53.5 Å². The number of hydrogen-bond donors (Lipinski definition) is 2. The summed E-state index contributed by atoms with van der Waals surface area (Å²) in [5.41, 5.74) is 2.94. The Morgan fingerprint density at radius 2 is 1.48 bits per heavy atom. The molecular weight excluding hydrogens is 384 g/mol. The average Bonchev–Trinajstić information content (AvgIpc) is 2.68. The van der Waals surface area contributed by atoms with E-state index in [9.17, 15) is 8.42 Å². The molecule has 0 fully saturated rings. The zero-order valence-corrected chi connectivity index (χ0v) is 17.9. The molecule has 2 aromatic carbocycles. The number of aromatic nitrogens is 2. The highest BCUT2D eigenvalue weighted by Gasteiger charge is 2.13. The second-order valence-electron chi connectivity index (χ2n) is 7.80. The first-order chi connectivity index (χ1) is 13.7. The SMILES string of the molecule is CCS(=O)(=O)c1cccc(Nc2cc(Nc3ccc(C(C)(C)C)cc3)ncn2)c1. The molecule has 29 heavy (non-hydrogen) atoms. The van der Waals surface area contributed by atoms with Gasteiger partial charge in [-0.2, -0.15) is 0 Å². The van der Waals surface area contributed by atoms with Gasteiger partial charge in [-0.1, -0.05) is 45.9 Å². The zero-order chi connectivity index (χ0) is 21.1. The van der Waals surface area contributed by atoms with Crippen molar-refractivity contribution in [3.63, 3.8) is 0 Å². The van der Waals surface area contributed by atoms with Gasteiger partial charge in [0.1, 0.15) is 18.0 Å². The molecule has 1 heterocycles. The first-order valence-corrected chi connectivity index (χ1v) is 11.1. The number of sulfone groups is 1. The number of rotatable bonds is 6. The highest BCUT2D eigenvalue weighted by atomic mass is 32.2. The molecule has 0 aliphatic rings. The van der Waals surface area contributed by atoms with Gasteiger partial charge in [0.25, 0.3) is 0 Å². The monoisotopic (exact) mass is 410 g/mol. The van der Waals surface area contributed by atoms with Crippen LogP contribution in [0.15, 0.2) is 65.8 Å². The second kappa shape index (κ2) is 8.21. The first kappa shape index (κ1) is 20.8. The van der Waals surface area contributed by atoms with Gasteiger partial charge in [0, 0.05) is 17.4 Å². The fourth-order valence-electron chi connectivity index (χ4n) is 2.78. The molecule has 0 aliphatic heterocycles. The Morgan fingerprint density at radius 3 is 2.07 bits per heavy atom. The van der Waals surface area contributed by atoms with Crippen molar-refractivity contribution < 1.29 is 8.42 Å². The number of nitrogens with one attached hydrogen (secondary N) is 2. The third-order valence-electron chi connectivity index (χ3n) is 4.54. The summed E-state index contributed by atoms with van der Waals surface area (Å²) in [5.74, 6) is 1.27. The molecule has 0 amide bonds. The smallest absolute Gasteiger partial charge is 0.178 e. The molecule has 152 valence electrons. The van der Waals surface area contributed by atoms with Gasteiger partial charge < -0.3 is 10.6 Å². The number of nitrogens with zero attached hydrogens (tertiary/aromatic N) is 2. The molecule has 3 aromatic rings.